The van der Waals surface area contributed by atoms with E-state index in [1.54, 1.807) is 16.4 Å². The largest absolute Gasteiger partial charge is 0.496 e. The Balaban J connectivity index is 2.41. The number of nitro groups is 1. The van der Waals surface area contributed by atoms with Gasteiger partial charge in [0, 0.05) is 11.1 Å². The van der Waals surface area contributed by atoms with Crippen molar-refractivity contribution in [3.8, 4) is 16.9 Å². The van der Waals surface area contributed by atoms with Gasteiger partial charge in [-0.2, -0.15) is 0 Å². The van der Waals surface area contributed by atoms with Crippen LogP contribution in [0.2, 0.25) is 0 Å². The van der Waals surface area contributed by atoms with Crippen LogP contribution < -0.4 is 10.1 Å². The van der Waals surface area contributed by atoms with Gasteiger partial charge in [-0.25, -0.2) is 0 Å². The Hall–Kier alpha value is -1.51. The number of nitrogens with zero attached hydrogens (tertiary/aromatic N) is 1. The van der Waals surface area contributed by atoms with E-state index in [1.165, 1.54) is 23.5 Å². The first kappa shape index (κ1) is 14.4. The molecule has 1 aliphatic rings. The second kappa shape index (κ2) is 4.75. The molecular weight excluding hydrogens is 328 g/mol. The van der Waals surface area contributed by atoms with Crippen molar-refractivity contribution in [2.24, 2.45) is 0 Å². The maximum absolute atomic E-state index is 11.4. The number of ether oxygens (including phenoxy) is 1. The fourth-order valence-electron chi connectivity index (χ4n) is 2.47. The molecule has 1 N–H and O–H groups in total. The molecule has 21 heavy (non-hydrogen) atoms. The fraction of sp³-hybridized carbons (Fsp3) is 0.308. The van der Waals surface area contributed by atoms with Gasteiger partial charge in [-0.3, -0.25) is 10.1 Å². The zero-order valence-electron chi connectivity index (χ0n) is 11.6. The molecule has 1 aromatic carbocycles. The van der Waals surface area contributed by atoms with Crippen LogP contribution in [0.15, 0.2) is 12.1 Å². The Bertz CT molecular complexity index is 807. The third-order valence-corrected chi connectivity index (χ3v) is 6.77. The molecule has 2 aromatic rings. The highest BCUT2D eigenvalue weighted by molar-refractivity contribution is 7.80. The lowest BCUT2D eigenvalue weighted by molar-refractivity contribution is -0.384. The number of hydrogen-bond acceptors (Lipinski definition) is 7. The van der Waals surface area contributed by atoms with E-state index in [-0.39, 0.29) is 11.2 Å². The van der Waals surface area contributed by atoms with Crippen molar-refractivity contribution in [3.05, 3.63) is 30.9 Å². The second-order valence-electron chi connectivity index (χ2n) is 5.23. The molecule has 0 saturated carbocycles. The second-order valence-corrected chi connectivity index (χ2v) is 8.05. The van der Waals surface area contributed by atoms with Crippen LogP contribution in [-0.2, 0) is 5.54 Å². The highest BCUT2D eigenvalue weighted by atomic mass is 32.9. The first-order valence-corrected chi connectivity index (χ1v) is 8.69. The number of rotatable bonds is 2. The monoisotopic (exact) mass is 340 g/mol. The van der Waals surface area contributed by atoms with Crippen molar-refractivity contribution in [3.63, 3.8) is 0 Å². The summed E-state index contributed by atoms with van der Waals surface area (Å²) in [6.07, 6.45) is 0. The summed E-state index contributed by atoms with van der Waals surface area (Å²) in [5.74, 6) is 0.457. The van der Waals surface area contributed by atoms with Crippen LogP contribution >= 0.6 is 32.9 Å². The molecule has 110 valence electrons. The average Bonchev–Trinajstić information content (AvgIpc) is 2.81. The maximum atomic E-state index is 11.4. The maximum Gasteiger partial charge on any atom is 0.296 e. The van der Waals surface area contributed by atoms with E-state index in [0.717, 1.165) is 19.8 Å². The summed E-state index contributed by atoms with van der Waals surface area (Å²) in [4.78, 5) is 12.1. The number of benzene rings is 1. The third-order valence-electron chi connectivity index (χ3n) is 3.43. The summed E-state index contributed by atoms with van der Waals surface area (Å²) in [7, 11) is 4.63. The number of fused-ring (bicyclic) bond motifs is 3. The molecule has 0 fully saturated rings. The van der Waals surface area contributed by atoms with Crippen molar-refractivity contribution >= 4 is 44.3 Å². The van der Waals surface area contributed by atoms with E-state index in [4.69, 9.17) is 17.0 Å². The van der Waals surface area contributed by atoms with E-state index in [1.807, 2.05) is 13.8 Å². The fourth-order valence-corrected chi connectivity index (χ4v) is 5.72. The Morgan fingerprint density at radius 3 is 2.71 bits per heavy atom. The van der Waals surface area contributed by atoms with Crippen LogP contribution in [0.5, 0.6) is 5.75 Å². The van der Waals surface area contributed by atoms with Gasteiger partial charge in [-0.1, -0.05) is 32.9 Å². The number of nitro benzene ring substituents is 1. The van der Waals surface area contributed by atoms with Gasteiger partial charge >= 0.3 is 0 Å². The first-order chi connectivity index (χ1) is 9.85. The van der Waals surface area contributed by atoms with E-state index < -0.39 is 4.92 Å². The third kappa shape index (κ3) is 2.14. The molecule has 0 unspecified atom stereocenters. The quantitative estimate of drug-likeness (QED) is 0.369. The van der Waals surface area contributed by atoms with Crippen LogP contribution in [-0.4, -0.2) is 12.0 Å². The number of hydrogen-bond donors (Lipinski definition) is 1. The molecule has 0 amide bonds. The molecule has 0 saturated heterocycles. The van der Waals surface area contributed by atoms with Crippen molar-refractivity contribution in [1.29, 1.82) is 0 Å². The number of anilines is 1. The Labute approximate surface area is 133 Å². The zero-order chi connectivity index (χ0) is 15.4. The number of methoxy groups -OCH3 is 1. The summed E-state index contributed by atoms with van der Waals surface area (Å²) >= 11 is 5.43. The standard InChI is InChI=1S/C13H12N2O3S3/c1-13(2)11-9(12(19)21-20-11)7-4-6(18-3)5-8(15(16)17)10(7)14-13/h4-5,14H,1-3H3. The predicted molar refractivity (Wildman–Crippen MR) is 88.3 cm³/mol. The van der Waals surface area contributed by atoms with Crippen molar-refractivity contribution in [2.45, 2.75) is 19.4 Å². The van der Waals surface area contributed by atoms with E-state index in [9.17, 15) is 10.1 Å². The molecule has 8 heteroatoms. The Morgan fingerprint density at radius 1 is 1.38 bits per heavy atom. The number of nitrogens with one attached hydrogen (secondary N) is 1. The minimum absolute atomic E-state index is 0.00803. The minimum Gasteiger partial charge on any atom is -0.496 e. The van der Waals surface area contributed by atoms with E-state index >= 15 is 0 Å². The highest BCUT2D eigenvalue weighted by Gasteiger charge is 2.37. The van der Waals surface area contributed by atoms with Crippen LogP contribution in [0.1, 0.15) is 18.7 Å². The summed E-state index contributed by atoms with van der Waals surface area (Å²) < 4.78 is 5.95. The van der Waals surface area contributed by atoms with Crippen LogP contribution in [0.25, 0.3) is 11.1 Å². The lowest BCUT2D eigenvalue weighted by atomic mass is 9.89. The molecular formula is C13H12N2O3S3. The highest BCUT2D eigenvalue weighted by Crippen LogP contribution is 2.52. The molecule has 0 bridgehead atoms. The van der Waals surface area contributed by atoms with Crippen molar-refractivity contribution in [2.75, 3.05) is 12.4 Å². The molecule has 5 nitrogen and oxygen atoms in total. The van der Waals surface area contributed by atoms with Gasteiger partial charge in [-0.15, -0.1) is 0 Å². The zero-order valence-corrected chi connectivity index (χ0v) is 14.0. The van der Waals surface area contributed by atoms with E-state index in [0.29, 0.717) is 11.4 Å². The van der Waals surface area contributed by atoms with Gasteiger partial charge < -0.3 is 10.1 Å². The predicted octanol–water partition coefficient (Wildman–Crippen LogP) is 4.78. The van der Waals surface area contributed by atoms with Gasteiger partial charge in [0.15, 0.2) is 0 Å². The summed E-state index contributed by atoms with van der Waals surface area (Å²) in [6.45, 7) is 4.00. The average molecular weight is 340 g/mol. The van der Waals surface area contributed by atoms with Crippen LogP contribution in [0.3, 0.4) is 0 Å². The van der Waals surface area contributed by atoms with Crippen molar-refractivity contribution < 1.29 is 9.66 Å². The first-order valence-electron chi connectivity index (χ1n) is 6.13. The SMILES string of the molecule is COc1cc2c(c([N+](=O)[O-])c1)NC(C)(C)c1ssc(=S)c1-2. The van der Waals surface area contributed by atoms with Crippen molar-refractivity contribution in [1.82, 2.24) is 0 Å². The topological polar surface area (TPSA) is 64.4 Å². The lowest BCUT2D eigenvalue weighted by Gasteiger charge is -2.33. The van der Waals surface area contributed by atoms with Gasteiger partial charge in [0.05, 0.1) is 28.5 Å². The van der Waals surface area contributed by atoms with Gasteiger partial charge in [0.1, 0.15) is 15.3 Å². The van der Waals surface area contributed by atoms with Crippen LogP contribution in [0, 0.1) is 13.9 Å². The molecule has 0 spiro atoms. The molecule has 1 aliphatic heterocycles. The minimum atomic E-state index is -0.395. The molecule has 1 aromatic heterocycles. The van der Waals surface area contributed by atoms with Gasteiger partial charge in [0.25, 0.3) is 5.69 Å². The summed E-state index contributed by atoms with van der Waals surface area (Å²) in [5.41, 5.74) is 1.79. The summed E-state index contributed by atoms with van der Waals surface area (Å²) in [5, 5.41) is 14.7. The lowest BCUT2D eigenvalue weighted by Crippen LogP contribution is -2.31. The van der Waals surface area contributed by atoms with Crippen LogP contribution in [0.4, 0.5) is 11.4 Å². The normalized spacial score (nSPS) is 14.8. The molecule has 0 atom stereocenters. The Kier molecular flexibility index (Phi) is 3.27. The molecule has 2 heterocycles. The molecule has 0 radical (unpaired) electrons. The van der Waals surface area contributed by atoms with Gasteiger partial charge in [0.2, 0.25) is 0 Å². The Morgan fingerprint density at radius 2 is 2.10 bits per heavy atom. The molecule has 3 rings (SSSR count). The smallest absolute Gasteiger partial charge is 0.296 e. The van der Waals surface area contributed by atoms with E-state index in [2.05, 4.69) is 5.32 Å². The molecule has 0 aliphatic carbocycles. The van der Waals surface area contributed by atoms with Gasteiger partial charge in [-0.05, 0) is 19.9 Å². The summed E-state index contributed by atoms with van der Waals surface area (Å²) in [6, 6.07) is 3.24.